The molecule has 0 amide bonds. The van der Waals surface area contributed by atoms with Crippen LogP contribution in [0.5, 0.6) is 0 Å². The molecule has 1 unspecified atom stereocenters. The van der Waals surface area contributed by atoms with Gasteiger partial charge in [-0.15, -0.1) is 10.2 Å². The molecule has 3 heterocycles. The predicted octanol–water partition coefficient (Wildman–Crippen LogP) is 3.77. The number of halogens is 2. The molecule has 3 aromatic heterocycles. The van der Waals surface area contributed by atoms with E-state index in [1.54, 1.807) is 16.9 Å². The molecule has 9 heteroatoms. The first-order valence-electron chi connectivity index (χ1n) is 8.79. The summed E-state index contributed by atoms with van der Waals surface area (Å²) in [4.78, 5) is 0. The van der Waals surface area contributed by atoms with Crippen LogP contribution in [0.4, 0.5) is 8.78 Å². The summed E-state index contributed by atoms with van der Waals surface area (Å²) in [5.74, 6) is -1.69. The molecular weight excluding hydrogens is 382 g/mol. The lowest BCUT2D eigenvalue weighted by atomic mass is 10.2. The standard InChI is InChI=1S/C19H18F2N6S/c1-12-6-9-27(24-12)13(2)19-23-22-17(28-19)10-15-7-8-26(25-15)11-14-4-3-5-16(20)18(14)21/h3-9,13H,10-11H2,1-2H3. The number of hydrogen-bond donors (Lipinski definition) is 0. The third-order valence-corrected chi connectivity index (χ3v) is 5.46. The monoisotopic (exact) mass is 400 g/mol. The van der Waals surface area contributed by atoms with Crippen LogP contribution in [0.2, 0.25) is 0 Å². The number of aromatic nitrogens is 6. The Balaban J connectivity index is 1.44. The van der Waals surface area contributed by atoms with Gasteiger partial charge in [-0.05, 0) is 32.0 Å². The predicted molar refractivity (Wildman–Crippen MR) is 101 cm³/mol. The van der Waals surface area contributed by atoms with Gasteiger partial charge < -0.3 is 0 Å². The van der Waals surface area contributed by atoms with Crippen LogP contribution in [-0.2, 0) is 13.0 Å². The van der Waals surface area contributed by atoms with E-state index in [4.69, 9.17) is 0 Å². The normalized spacial score (nSPS) is 12.4. The van der Waals surface area contributed by atoms with Crippen molar-refractivity contribution in [3.63, 3.8) is 0 Å². The van der Waals surface area contributed by atoms with Crippen LogP contribution in [0, 0.1) is 18.6 Å². The van der Waals surface area contributed by atoms with Crippen molar-refractivity contribution in [2.45, 2.75) is 32.9 Å². The highest BCUT2D eigenvalue weighted by Crippen LogP contribution is 2.23. The molecule has 144 valence electrons. The lowest BCUT2D eigenvalue weighted by Crippen LogP contribution is -2.07. The Kier molecular flexibility index (Phi) is 4.99. The van der Waals surface area contributed by atoms with E-state index < -0.39 is 11.6 Å². The minimum absolute atomic E-state index is 0.00783. The third-order valence-electron chi connectivity index (χ3n) is 4.37. The maximum absolute atomic E-state index is 13.8. The highest BCUT2D eigenvalue weighted by Gasteiger charge is 2.16. The Bertz CT molecular complexity index is 1100. The van der Waals surface area contributed by atoms with Crippen molar-refractivity contribution >= 4 is 11.3 Å². The average Bonchev–Trinajstić information content (AvgIpc) is 3.41. The lowest BCUT2D eigenvalue weighted by Gasteiger charge is -2.07. The van der Waals surface area contributed by atoms with Gasteiger partial charge in [-0.2, -0.15) is 10.2 Å². The Labute approximate surface area is 164 Å². The number of aryl methyl sites for hydroxylation is 1. The Morgan fingerprint density at radius 3 is 2.71 bits per heavy atom. The third kappa shape index (κ3) is 3.84. The maximum Gasteiger partial charge on any atom is 0.163 e. The Morgan fingerprint density at radius 2 is 1.93 bits per heavy atom. The largest absolute Gasteiger partial charge is 0.268 e. The molecule has 0 bridgehead atoms. The van der Waals surface area contributed by atoms with E-state index >= 15 is 0 Å². The lowest BCUT2D eigenvalue weighted by molar-refractivity contribution is 0.491. The van der Waals surface area contributed by atoms with Crippen LogP contribution in [0.25, 0.3) is 0 Å². The van der Waals surface area contributed by atoms with Crippen LogP contribution in [0.1, 0.15) is 39.9 Å². The quantitative estimate of drug-likeness (QED) is 0.494. The van der Waals surface area contributed by atoms with E-state index in [1.165, 1.54) is 17.4 Å². The van der Waals surface area contributed by atoms with E-state index in [0.717, 1.165) is 27.5 Å². The fourth-order valence-electron chi connectivity index (χ4n) is 2.85. The fraction of sp³-hybridized carbons (Fsp3) is 0.263. The first-order chi connectivity index (χ1) is 13.5. The summed E-state index contributed by atoms with van der Waals surface area (Å²) in [7, 11) is 0. The average molecular weight is 400 g/mol. The molecule has 0 aliphatic carbocycles. The summed E-state index contributed by atoms with van der Waals surface area (Å²) >= 11 is 1.52. The summed E-state index contributed by atoms with van der Waals surface area (Å²) in [5.41, 5.74) is 2.01. The molecule has 4 aromatic rings. The van der Waals surface area contributed by atoms with Gasteiger partial charge in [0, 0.05) is 24.4 Å². The fourth-order valence-corrected chi connectivity index (χ4v) is 3.76. The minimum atomic E-state index is -0.854. The molecule has 0 aliphatic heterocycles. The van der Waals surface area contributed by atoms with E-state index in [9.17, 15) is 8.78 Å². The minimum Gasteiger partial charge on any atom is -0.268 e. The smallest absolute Gasteiger partial charge is 0.163 e. The molecular formula is C19H18F2N6S. The zero-order chi connectivity index (χ0) is 19.7. The molecule has 0 saturated heterocycles. The van der Waals surface area contributed by atoms with Gasteiger partial charge >= 0.3 is 0 Å². The van der Waals surface area contributed by atoms with Crippen molar-refractivity contribution < 1.29 is 8.78 Å². The van der Waals surface area contributed by atoms with Crippen LogP contribution in [0.15, 0.2) is 42.7 Å². The van der Waals surface area contributed by atoms with Crippen molar-refractivity contribution in [2.24, 2.45) is 0 Å². The number of nitrogens with zero attached hydrogens (tertiary/aromatic N) is 6. The molecule has 1 atom stereocenters. The molecule has 0 spiro atoms. The van der Waals surface area contributed by atoms with E-state index in [0.29, 0.717) is 6.42 Å². The van der Waals surface area contributed by atoms with Gasteiger partial charge in [0.1, 0.15) is 16.1 Å². The summed E-state index contributed by atoms with van der Waals surface area (Å²) < 4.78 is 30.6. The molecule has 0 aliphatic rings. The Morgan fingerprint density at radius 1 is 1.07 bits per heavy atom. The maximum atomic E-state index is 13.8. The number of rotatable bonds is 6. The van der Waals surface area contributed by atoms with E-state index in [-0.39, 0.29) is 18.2 Å². The first kappa shape index (κ1) is 18.4. The van der Waals surface area contributed by atoms with Gasteiger partial charge in [-0.1, -0.05) is 23.5 Å². The zero-order valence-electron chi connectivity index (χ0n) is 15.4. The van der Waals surface area contributed by atoms with Gasteiger partial charge in [-0.3, -0.25) is 9.36 Å². The van der Waals surface area contributed by atoms with Gasteiger partial charge in [0.15, 0.2) is 11.6 Å². The molecule has 0 N–H and O–H groups in total. The van der Waals surface area contributed by atoms with Crippen molar-refractivity contribution in [2.75, 3.05) is 0 Å². The molecule has 1 aromatic carbocycles. The van der Waals surface area contributed by atoms with E-state index in [1.807, 2.05) is 36.9 Å². The molecule has 28 heavy (non-hydrogen) atoms. The van der Waals surface area contributed by atoms with Gasteiger partial charge in [0.05, 0.1) is 17.9 Å². The SMILES string of the molecule is Cc1ccn(C(C)c2nnc(Cc3ccn(Cc4cccc(F)c4F)n3)s2)n1. The molecule has 6 nitrogen and oxygen atoms in total. The summed E-state index contributed by atoms with van der Waals surface area (Å²) in [5, 5.41) is 19.1. The van der Waals surface area contributed by atoms with Crippen molar-refractivity contribution in [1.82, 2.24) is 29.8 Å². The zero-order valence-corrected chi connectivity index (χ0v) is 16.2. The van der Waals surface area contributed by atoms with Crippen molar-refractivity contribution in [3.05, 3.63) is 81.3 Å². The highest BCUT2D eigenvalue weighted by molar-refractivity contribution is 7.11. The molecule has 0 radical (unpaired) electrons. The highest BCUT2D eigenvalue weighted by atomic mass is 32.1. The van der Waals surface area contributed by atoms with Gasteiger partial charge in [0.2, 0.25) is 0 Å². The topological polar surface area (TPSA) is 61.4 Å². The van der Waals surface area contributed by atoms with Gasteiger partial charge in [-0.25, -0.2) is 8.78 Å². The number of benzene rings is 1. The molecule has 0 saturated carbocycles. The van der Waals surface area contributed by atoms with Crippen LogP contribution >= 0.6 is 11.3 Å². The Hall–Kier alpha value is -2.94. The van der Waals surface area contributed by atoms with Gasteiger partial charge in [0.25, 0.3) is 0 Å². The second-order valence-corrected chi connectivity index (χ2v) is 7.64. The molecule has 4 rings (SSSR count). The first-order valence-corrected chi connectivity index (χ1v) is 9.60. The van der Waals surface area contributed by atoms with Crippen molar-refractivity contribution in [1.29, 1.82) is 0 Å². The molecule has 0 fully saturated rings. The number of hydrogen-bond acceptors (Lipinski definition) is 5. The second kappa shape index (κ2) is 7.59. The van der Waals surface area contributed by atoms with E-state index in [2.05, 4.69) is 20.4 Å². The van der Waals surface area contributed by atoms with Crippen molar-refractivity contribution in [3.8, 4) is 0 Å². The summed E-state index contributed by atoms with van der Waals surface area (Å²) in [6, 6.07) is 7.95. The second-order valence-electron chi connectivity index (χ2n) is 6.54. The van der Waals surface area contributed by atoms with Crippen LogP contribution < -0.4 is 0 Å². The van der Waals surface area contributed by atoms with Crippen LogP contribution in [0.3, 0.4) is 0 Å². The summed E-state index contributed by atoms with van der Waals surface area (Å²) in [6.45, 7) is 4.14. The summed E-state index contributed by atoms with van der Waals surface area (Å²) in [6.07, 6.45) is 4.20. The van der Waals surface area contributed by atoms with Crippen LogP contribution in [-0.4, -0.2) is 29.8 Å².